The monoisotopic (exact) mass is 177 g/mol. The van der Waals surface area contributed by atoms with E-state index in [4.69, 9.17) is 5.73 Å². The summed E-state index contributed by atoms with van der Waals surface area (Å²) in [5.41, 5.74) is 5.34. The lowest BCUT2D eigenvalue weighted by atomic mass is 9.76. The number of nitrogens with two attached hydrogens (primary N) is 1. The van der Waals surface area contributed by atoms with Gasteiger partial charge < -0.3 is 5.73 Å². The van der Waals surface area contributed by atoms with E-state index in [1.165, 1.54) is 0 Å². The van der Waals surface area contributed by atoms with Crippen molar-refractivity contribution < 1.29 is 8.78 Å². The molecule has 0 radical (unpaired) electrons. The Morgan fingerprint density at radius 3 is 2.33 bits per heavy atom. The van der Waals surface area contributed by atoms with Crippen LogP contribution in [0, 0.1) is 5.92 Å². The fraction of sp³-hybridized carbons (Fsp3) is 1.00. The van der Waals surface area contributed by atoms with Crippen molar-refractivity contribution in [2.75, 3.05) is 0 Å². The molecule has 1 nitrogen and oxygen atoms in total. The molecule has 0 spiro atoms. The third kappa shape index (κ3) is 2.41. The van der Waals surface area contributed by atoms with Gasteiger partial charge in [0.05, 0.1) is 0 Å². The van der Waals surface area contributed by atoms with Gasteiger partial charge in [-0.2, -0.15) is 0 Å². The highest BCUT2D eigenvalue weighted by Crippen LogP contribution is 2.40. The van der Waals surface area contributed by atoms with Gasteiger partial charge in [0, 0.05) is 18.4 Å². The highest BCUT2D eigenvalue weighted by molar-refractivity contribution is 4.89. The molecule has 1 fully saturated rings. The third-order valence-electron chi connectivity index (χ3n) is 2.69. The summed E-state index contributed by atoms with van der Waals surface area (Å²) < 4.78 is 25.9. The highest BCUT2D eigenvalue weighted by atomic mass is 19.3. The lowest BCUT2D eigenvalue weighted by Crippen LogP contribution is -2.45. The van der Waals surface area contributed by atoms with Gasteiger partial charge in [0.1, 0.15) is 0 Å². The summed E-state index contributed by atoms with van der Waals surface area (Å²) in [6.07, 6.45) is 1.47. The van der Waals surface area contributed by atoms with Crippen LogP contribution < -0.4 is 5.73 Å². The summed E-state index contributed by atoms with van der Waals surface area (Å²) in [7, 11) is 0. The summed E-state index contributed by atoms with van der Waals surface area (Å²) in [5.74, 6) is -2.50. The normalized spacial score (nSPS) is 30.2. The maximum atomic E-state index is 12.9. The molecule has 1 aliphatic rings. The molecule has 0 aromatic rings. The zero-order valence-electron chi connectivity index (χ0n) is 7.74. The number of rotatable bonds is 1. The average Bonchev–Trinajstić information content (AvgIpc) is 1.83. The zero-order chi connectivity index (χ0) is 9.41. The summed E-state index contributed by atoms with van der Waals surface area (Å²) in [6.45, 7) is 3.66. The number of hydrogen-bond donors (Lipinski definition) is 1. The first-order valence-electron chi connectivity index (χ1n) is 4.48. The summed E-state index contributed by atoms with van der Waals surface area (Å²) in [4.78, 5) is 0. The summed E-state index contributed by atoms with van der Waals surface area (Å²) in [5, 5.41) is 0. The van der Waals surface area contributed by atoms with Crippen molar-refractivity contribution in [3.8, 4) is 0 Å². The largest absolute Gasteiger partial charge is 0.325 e. The Morgan fingerprint density at radius 1 is 1.42 bits per heavy atom. The minimum absolute atomic E-state index is 0.0266. The van der Waals surface area contributed by atoms with E-state index < -0.39 is 11.5 Å². The lowest BCUT2D eigenvalue weighted by molar-refractivity contribution is -0.0625. The van der Waals surface area contributed by atoms with Crippen LogP contribution >= 0.6 is 0 Å². The zero-order valence-corrected chi connectivity index (χ0v) is 7.74. The predicted octanol–water partition coefficient (Wildman–Crippen LogP) is 2.55. The first-order valence-corrected chi connectivity index (χ1v) is 4.48. The van der Waals surface area contributed by atoms with E-state index >= 15 is 0 Å². The topological polar surface area (TPSA) is 26.0 Å². The van der Waals surface area contributed by atoms with Crippen LogP contribution in [0.15, 0.2) is 0 Å². The molecule has 1 atom stereocenters. The van der Waals surface area contributed by atoms with Crippen LogP contribution in [0.25, 0.3) is 0 Å². The van der Waals surface area contributed by atoms with Crippen LogP contribution in [0.2, 0.25) is 0 Å². The molecular weight excluding hydrogens is 160 g/mol. The van der Waals surface area contributed by atoms with Crippen LogP contribution in [0.1, 0.15) is 39.5 Å². The maximum Gasteiger partial charge on any atom is 0.248 e. The molecule has 1 rings (SSSR count). The van der Waals surface area contributed by atoms with Gasteiger partial charge >= 0.3 is 0 Å². The Labute approximate surface area is 72.3 Å². The van der Waals surface area contributed by atoms with E-state index in [2.05, 4.69) is 0 Å². The second kappa shape index (κ2) is 2.95. The SMILES string of the molecule is CC(C)(N)C1CCCC(F)(F)C1. The van der Waals surface area contributed by atoms with E-state index in [0.717, 1.165) is 6.42 Å². The molecule has 1 unspecified atom stereocenters. The van der Waals surface area contributed by atoms with Gasteiger partial charge in [-0.3, -0.25) is 0 Å². The van der Waals surface area contributed by atoms with Crippen molar-refractivity contribution in [3.05, 3.63) is 0 Å². The number of alkyl halides is 2. The van der Waals surface area contributed by atoms with Crippen molar-refractivity contribution in [2.24, 2.45) is 11.7 Å². The van der Waals surface area contributed by atoms with Crippen molar-refractivity contribution in [1.29, 1.82) is 0 Å². The standard InChI is InChI=1S/C9H17F2N/c1-8(2,12)7-4-3-5-9(10,11)6-7/h7H,3-6,12H2,1-2H3. The second-order valence-electron chi connectivity index (χ2n) is 4.47. The van der Waals surface area contributed by atoms with Gasteiger partial charge in [-0.15, -0.1) is 0 Å². The first kappa shape index (κ1) is 9.90. The van der Waals surface area contributed by atoms with Gasteiger partial charge in [-0.1, -0.05) is 0 Å². The Hall–Kier alpha value is -0.180. The van der Waals surface area contributed by atoms with Crippen LogP contribution in [-0.2, 0) is 0 Å². The molecule has 0 aliphatic heterocycles. The van der Waals surface area contributed by atoms with Crippen LogP contribution in [0.3, 0.4) is 0 Å². The molecule has 72 valence electrons. The average molecular weight is 177 g/mol. The Bertz CT molecular complexity index is 157. The van der Waals surface area contributed by atoms with Gasteiger partial charge in [0.2, 0.25) is 5.92 Å². The molecule has 1 saturated carbocycles. The highest BCUT2D eigenvalue weighted by Gasteiger charge is 2.40. The van der Waals surface area contributed by atoms with Crippen molar-refractivity contribution >= 4 is 0 Å². The Balaban J connectivity index is 2.58. The van der Waals surface area contributed by atoms with Crippen LogP contribution in [0.4, 0.5) is 8.78 Å². The summed E-state index contributed by atoms with van der Waals surface area (Å²) >= 11 is 0. The van der Waals surface area contributed by atoms with Gasteiger partial charge in [0.25, 0.3) is 0 Å². The van der Waals surface area contributed by atoms with E-state index in [0.29, 0.717) is 6.42 Å². The maximum absolute atomic E-state index is 12.9. The minimum Gasteiger partial charge on any atom is -0.325 e. The van der Waals surface area contributed by atoms with Gasteiger partial charge in [-0.05, 0) is 32.6 Å². The molecule has 1 aliphatic carbocycles. The molecule has 0 aromatic carbocycles. The smallest absolute Gasteiger partial charge is 0.248 e. The molecule has 0 heterocycles. The van der Waals surface area contributed by atoms with E-state index in [9.17, 15) is 8.78 Å². The fourth-order valence-corrected chi connectivity index (χ4v) is 1.81. The quantitative estimate of drug-likeness (QED) is 0.654. The van der Waals surface area contributed by atoms with E-state index in [-0.39, 0.29) is 18.8 Å². The second-order valence-corrected chi connectivity index (χ2v) is 4.47. The number of hydrogen-bond acceptors (Lipinski definition) is 1. The fourth-order valence-electron chi connectivity index (χ4n) is 1.81. The molecule has 0 aromatic heterocycles. The minimum atomic E-state index is -2.47. The number of halogens is 2. The van der Waals surface area contributed by atoms with Gasteiger partial charge in [0.15, 0.2) is 0 Å². The van der Waals surface area contributed by atoms with Crippen molar-refractivity contribution in [3.63, 3.8) is 0 Å². The molecule has 0 bridgehead atoms. The third-order valence-corrected chi connectivity index (χ3v) is 2.69. The lowest BCUT2D eigenvalue weighted by Gasteiger charge is -2.37. The first-order chi connectivity index (χ1) is 5.31. The van der Waals surface area contributed by atoms with E-state index in [1.54, 1.807) is 0 Å². The molecular formula is C9H17F2N. The van der Waals surface area contributed by atoms with Crippen molar-refractivity contribution in [1.82, 2.24) is 0 Å². The van der Waals surface area contributed by atoms with Gasteiger partial charge in [-0.25, -0.2) is 8.78 Å². The molecule has 2 N–H and O–H groups in total. The summed E-state index contributed by atoms with van der Waals surface area (Å²) in [6, 6.07) is 0. The van der Waals surface area contributed by atoms with Crippen molar-refractivity contribution in [2.45, 2.75) is 51.0 Å². The molecule has 3 heteroatoms. The van der Waals surface area contributed by atoms with Crippen LogP contribution in [-0.4, -0.2) is 11.5 Å². The van der Waals surface area contributed by atoms with E-state index in [1.807, 2.05) is 13.8 Å². The molecule has 0 amide bonds. The molecule has 12 heavy (non-hydrogen) atoms. The molecule has 0 saturated heterocycles. The predicted molar refractivity (Wildman–Crippen MR) is 45.2 cm³/mol. The Kier molecular flexibility index (Phi) is 2.43. The van der Waals surface area contributed by atoms with Crippen LogP contribution in [0.5, 0.6) is 0 Å². The Morgan fingerprint density at radius 2 is 2.00 bits per heavy atom.